The van der Waals surface area contributed by atoms with E-state index in [9.17, 15) is 14.4 Å². The maximum atomic E-state index is 13.0. The van der Waals surface area contributed by atoms with Gasteiger partial charge in [0.05, 0.1) is 11.0 Å². The maximum absolute atomic E-state index is 13.0. The van der Waals surface area contributed by atoms with Crippen LogP contribution in [0.2, 0.25) is 0 Å². The highest BCUT2D eigenvalue weighted by Gasteiger charge is 2.76. The van der Waals surface area contributed by atoms with Gasteiger partial charge in [0.2, 0.25) is 5.60 Å². The first-order valence-corrected chi connectivity index (χ1v) is 8.68. The quantitative estimate of drug-likeness (QED) is 0.727. The fourth-order valence-electron chi connectivity index (χ4n) is 4.09. The minimum Gasteiger partial charge on any atom is -0.448 e. The Bertz CT molecular complexity index is 670. The molecule has 0 N–H and O–H groups in total. The molecule has 1 saturated heterocycles. The molecule has 0 radical (unpaired) electrons. The van der Waals surface area contributed by atoms with Crippen molar-refractivity contribution in [1.29, 1.82) is 0 Å². The second kappa shape index (κ2) is 5.16. The number of carbonyl (C=O) groups is 3. The molecule has 2 bridgehead atoms. The predicted molar refractivity (Wildman–Crippen MR) is 88.6 cm³/mol. The van der Waals surface area contributed by atoms with Gasteiger partial charge < -0.3 is 14.2 Å². The molecule has 25 heavy (non-hydrogen) atoms. The number of fused-ring (bicyclic) bond motifs is 2. The Morgan fingerprint density at radius 1 is 1.20 bits per heavy atom. The topological polar surface area (TPSA) is 78.9 Å². The first-order valence-electron chi connectivity index (χ1n) is 8.68. The number of esters is 2. The van der Waals surface area contributed by atoms with Gasteiger partial charge in [0, 0.05) is 5.41 Å². The molecule has 1 heterocycles. The molecule has 6 heteroatoms. The Labute approximate surface area is 147 Å². The summed E-state index contributed by atoms with van der Waals surface area (Å²) in [6.45, 7) is 11.1. The zero-order chi connectivity index (χ0) is 18.8. The number of hydrogen-bond donors (Lipinski definition) is 0. The lowest BCUT2D eigenvalue weighted by atomic mass is 9.66. The summed E-state index contributed by atoms with van der Waals surface area (Å²) < 4.78 is 16.9. The number of rotatable bonds is 3. The molecule has 6 nitrogen and oxygen atoms in total. The lowest BCUT2D eigenvalue weighted by molar-refractivity contribution is -0.193. The van der Waals surface area contributed by atoms with Crippen molar-refractivity contribution in [2.45, 2.75) is 77.8 Å². The molecule has 0 aromatic heterocycles. The van der Waals surface area contributed by atoms with Crippen molar-refractivity contribution in [2.24, 2.45) is 10.8 Å². The predicted octanol–water partition coefficient (Wildman–Crippen LogP) is 2.34. The van der Waals surface area contributed by atoms with E-state index in [0.717, 1.165) is 0 Å². The van der Waals surface area contributed by atoms with Crippen molar-refractivity contribution < 1.29 is 28.6 Å². The van der Waals surface area contributed by atoms with Crippen LogP contribution in [-0.2, 0) is 28.6 Å². The molecule has 0 amide bonds. The van der Waals surface area contributed by atoms with Gasteiger partial charge in [0.15, 0.2) is 11.9 Å². The Morgan fingerprint density at radius 2 is 1.84 bits per heavy atom. The summed E-state index contributed by atoms with van der Waals surface area (Å²) in [7, 11) is 0. The van der Waals surface area contributed by atoms with Crippen LogP contribution in [0.25, 0.3) is 0 Å². The standard InChI is InChI=1S/C19H26O6/c1-16(2,3)24-12-8-7-11(20)13(12)23-15(22)19-10-9-18(6,14(21)25-19)17(19,4)5/h7-8,12-13H,9-10H2,1-6H3/t12-,13-,18-,19+/m1/s1. The summed E-state index contributed by atoms with van der Waals surface area (Å²) in [6.07, 6.45) is 2.26. The van der Waals surface area contributed by atoms with Crippen LogP contribution in [0.1, 0.15) is 54.4 Å². The van der Waals surface area contributed by atoms with Crippen LogP contribution in [0, 0.1) is 10.8 Å². The Balaban J connectivity index is 1.83. The molecule has 0 aromatic carbocycles. The number of ether oxygens (including phenoxy) is 3. The fourth-order valence-corrected chi connectivity index (χ4v) is 4.09. The molecule has 0 spiro atoms. The molecular weight excluding hydrogens is 324 g/mol. The molecule has 1 aliphatic heterocycles. The van der Waals surface area contributed by atoms with Crippen LogP contribution in [0.3, 0.4) is 0 Å². The third-order valence-electron chi connectivity index (χ3n) is 6.17. The highest BCUT2D eigenvalue weighted by molar-refractivity contribution is 6.00. The monoisotopic (exact) mass is 350 g/mol. The third-order valence-corrected chi connectivity index (χ3v) is 6.17. The van der Waals surface area contributed by atoms with Crippen LogP contribution >= 0.6 is 0 Å². The van der Waals surface area contributed by atoms with Crippen molar-refractivity contribution in [3.63, 3.8) is 0 Å². The zero-order valence-corrected chi connectivity index (χ0v) is 15.7. The average molecular weight is 350 g/mol. The molecule has 1 saturated carbocycles. The average Bonchev–Trinajstić information content (AvgIpc) is 2.95. The van der Waals surface area contributed by atoms with Gasteiger partial charge in [-0.25, -0.2) is 4.79 Å². The van der Waals surface area contributed by atoms with Gasteiger partial charge in [-0.15, -0.1) is 0 Å². The summed E-state index contributed by atoms with van der Waals surface area (Å²) in [5.74, 6) is -1.35. The van der Waals surface area contributed by atoms with Crippen LogP contribution in [0.5, 0.6) is 0 Å². The molecule has 4 atom stereocenters. The molecule has 138 valence electrons. The van der Waals surface area contributed by atoms with Crippen LogP contribution in [-0.4, -0.2) is 41.1 Å². The van der Waals surface area contributed by atoms with E-state index in [4.69, 9.17) is 14.2 Å². The molecule has 3 rings (SSSR count). The van der Waals surface area contributed by atoms with Gasteiger partial charge in [-0.05, 0) is 52.7 Å². The van der Waals surface area contributed by atoms with Crippen molar-refractivity contribution in [1.82, 2.24) is 0 Å². The largest absolute Gasteiger partial charge is 0.448 e. The van der Waals surface area contributed by atoms with Crippen LogP contribution < -0.4 is 0 Å². The Kier molecular flexibility index (Phi) is 3.74. The molecule has 0 aromatic rings. The Morgan fingerprint density at radius 3 is 2.32 bits per heavy atom. The van der Waals surface area contributed by atoms with E-state index < -0.39 is 40.2 Å². The highest BCUT2D eigenvalue weighted by atomic mass is 16.6. The second-order valence-electron chi connectivity index (χ2n) is 8.96. The van der Waals surface area contributed by atoms with Crippen LogP contribution in [0.4, 0.5) is 0 Å². The lowest BCUT2D eigenvalue weighted by Gasteiger charge is -2.36. The summed E-state index contributed by atoms with van der Waals surface area (Å²) in [6, 6.07) is 0. The summed E-state index contributed by atoms with van der Waals surface area (Å²) in [5.41, 5.74) is -3.25. The maximum Gasteiger partial charge on any atom is 0.352 e. The first-order chi connectivity index (χ1) is 11.3. The van der Waals surface area contributed by atoms with E-state index in [2.05, 4.69) is 0 Å². The summed E-state index contributed by atoms with van der Waals surface area (Å²) in [5, 5.41) is 0. The molecule has 2 aliphatic carbocycles. The molecular formula is C19H26O6. The fraction of sp³-hybridized carbons (Fsp3) is 0.737. The Hall–Kier alpha value is -1.69. The van der Waals surface area contributed by atoms with E-state index in [1.165, 1.54) is 6.08 Å². The molecule has 0 unspecified atom stereocenters. The van der Waals surface area contributed by atoms with Gasteiger partial charge >= 0.3 is 11.9 Å². The minimum atomic E-state index is -1.34. The van der Waals surface area contributed by atoms with Gasteiger partial charge in [0.1, 0.15) is 6.10 Å². The third kappa shape index (κ3) is 2.37. The van der Waals surface area contributed by atoms with Crippen molar-refractivity contribution >= 4 is 17.7 Å². The van der Waals surface area contributed by atoms with Crippen molar-refractivity contribution in [2.75, 3.05) is 0 Å². The zero-order valence-electron chi connectivity index (χ0n) is 15.7. The first kappa shape index (κ1) is 18.1. The molecule has 2 fully saturated rings. The van der Waals surface area contributed by atoms with E-state index in [0.29, 0.717) is 12.8 Å². The second-order valence-corrected chi connectivity index (χ2v) is 8.96. The number of hydrogen-bond acceptors (Lipinski definition) is 6. The summed E-state index contributed by atoms with van der Waals surface area (Å²) in [4.78, 5) is 37.5. The normalized spacial score (nSPS) is 39.0. The van der Waals surface area contributed by atoms with Gasteiger partial charge in [-0.1, -0.05) is 13.8 Å². The van der Waals surface area contributed by atoms with Gasteiger partial charge in [0.25, 0.3) is 0 Å². The number of ketones is 1. The lowest BCUT2D eigenvalue weighted by Crippen LogP contribution is -2.51. The van der Waals surface area contributed by atoms with E-state index in [-0.39, 0.29) is 11.8 Å². The van der Waals surface area contributed by atoms with Gasteiger partial charge in [-0.3, -0.25) is 9.59 Å². The molecule has 3 aliphatic rings. The van der Waals surface area contributed by atoms with E-state index in [1.807, 2.05) is 41.5 Å². The SMILES string of the molecule is CC(C)(C)O[C@@H]1C=CC(=O)[C@H]1OC(=O)[C@]12CC[C@](C)(C(=O)O1)C2(C)C. The van der Waals surface area contributed by atoms with Gasteiger partial charge in [-0.2, -0.15) is 0 Å². The van der Waals surface area contributed by atoms with Crippen molar-refractivity contribution in [3.8, 4) is 0 Å². The smallest absolute Gasteiger partial charge is 0.352 e. The highest BCUT2D eigenvalue weighted by Crippen LogP contribution is 2.65. The van der Waals surface area contributed by atoms with E-state index >= 15 is 0 Å². The van der Waals surface area contributed by atoms with Crippen molar-refractivity contribution in [3.05, 3.63) is 12.2 Å². The van der Waals surface area contributed by atoms with E-state index in [1.54, 1.807) is 6.08 Å². The number of carbonyl (C=O) groups excluding carboxylic acids is 3. The summed E-state index contributed by atoms with van der Waals surface area (Å²) >= 11 is 0. The minimum absolute atomic E-state index is 0.318. The van der Waals surface area contributed by atoms with Crippen LogP contribution in [0.15, 0.2) is 12.2 Å².